The smallest absolute Gasteiger partial charge is 0.147 e. The normalized spacial score (nSPS) is 16.0. The average molecular weight is 436 g/mol. The SMILES string of the molecule is C=C(C)C[C@H](OCOCC[Si](C)(C)C)[C@H](C)/C=C(C)/C=C/I. The van der Waals surface area contributed by atoms with Crippen LogP contribution in [0.4, 0.5) is 0 Å². The highest BCUT2D eigenvalue weighted by atomic mass is 127. The predicted octanol–water partition coefficient (Wildman–Crippen LogP) is 6.18. The molecule has 0 aliphatic heterocycles. The van der Waals surface area contributed by atoms with Crippen molar-refractivity contribution in [2.45, 2.75) is 59.0 Å². The quantitative estimate of drug-likeness (QED) is 0.0962. The molecule has 0 saturated heterocycles. The first-order chi connectivity index (χ1) is 10.2. The van der Waals surface area contributed by atoms with Crippen molar-refractivity contribution in [2.75, 3.05) is 13.4 Å². The summed E-state index contributed by atoms with van der Waals surface area (Å²) >= 11 is 2.24. The number of hydrogen-bond acceptors (Lipinski definition) is 2. The number of ether oxygens (including phenoxy) is 2. The second kappa shape index (κ2) is 11.6. The van der Waals surface area contributed by atoms with E-state index in [1.165, 1.54) is 11.6 Å². The first-order valence-corrected chi connectivity index (χ1v) is 12.9. The Kier molecular flexibility index (Phi) is 11.6. The molecule has 2 atom stereocenters. The zero-order valence-electron chi connectivity index (χ0n) is 15.1. The lowest BCUT2D eigenvalue weighted by molar-refractivity contribution is -0.0957. The van der Waals surface area contributed by atoms with Crippen LogP contribution in [0.3, 0.4) is 0 Å². The minimum absolute atomic E-state index is 0.127. The lowest BCUT2D eigenvalue weighted by Crippen LogP contribution is -2.25. The molecule has 2 nitrogen and oxygen atoms in total. The van der Waals surface area contributed by atoms with E-state index in [9.17, 15) is 0 Å². The summed E-state index contributed by atoms with van der Waals surface area (Å²) in [5, 5.41) is 0. The Bertz CT molecular complexity index is 383. The van der Waals surface area contributed by atoms with Crippen molar-refractivity contribution in [3.8, 4) is 0 Å². The Balaban J connectivity index is 4.40. The van der Waals surface area contributed by atoms with Gasteiger partial charge in [0.2, 0.25) is 0 Å². The summed E-state index contributed by atoms with van der Waals surface area (Å²) in [7, 11) is -1.03. The molecule has 4 heteroatoms. The zero-order chi connectivity index (χ0) is 17.2. The molecule has 0 aliphatic carbocycles. The Morgan fingerprint density at radius 2 is 1.91 bits per heavy atom. The molecule has 0 unspecified atom stereocenters. The van der Waals surface area contributed by atoms with Crippen LogP contribution in [0.25, 0.3) is 0 Å². The summed E-state index contributed by atoms with van der Waals surface area (Å²) in [6, 6.07) is 1.18. The van der Waals surface area contributed by atoms with Gasteiger partial charge in [0, 0.05) is 20.6 Å². The van der Waals surface area contributed by atoms with Gasteiger partial charge in [0.1, 0.15) is 6.79 Å². The summed E-state index contributed by atoms with van der Waals surface area (Å²) in [6.07, 6.45) is 5.36. The Morgan fingerprint density at radius 3 is 2.41 bits per heavy atom. The molecule has 22 heavy (non-hydrogen) atoms. The molecule has 0 amide bonds. The first kappa shape index (κ1) is 22.1. The van der Waals surface area contributed by atoms with Crippen LogP contribution < -0.4 is 0 Å². The van der Waals surface area contributed by atoms with E-state index in [4.69, 9.17) is 9.47 Å². The molecule has 0 aromatic rings. The summed E-state index contributed by atoms with van der Waals surface area (Å²) < 4.78 is 13.7. The standard InChI is InChI=1S/C18H33IO2Si/c1-15(2)12-18(17(4)13-16(3)8-9-19)21-14-20-10-11-22(5,6)7/h8-9,13,17-18H,1,10-12,14H2,2-7H3/b9-8+,16-13+/t17-,18+/m1/s1. The van der Waals surface area contributed by atoms with E-state index in [0.29, 0.717) is 12.7 Å². The second-order valence-electron chi connectivity index (χ2n) is 7.27. The van der Waals surface area contributed by atoms with Gasteiger partial charge in [0.15, 0.2) is 0 Å². The monoisotopic (exact) mass is 436 g/mol. The number of hydrogen-bond donors (Lipinski definition) is 0. The number of halogens is 1. The van der Waals surface area contributed by atoms with Crippen molar-refractivity contribution in [2.24, 2.45) is 5.92 Å². The van der Waals surface area contributed by atoms with Gasteiger partial charge < -0.3 is 9.47 Å². The molecular weight excluding hydrogens is 403 g/mol. The van der Waals surface area contributed by atoms with Gasteiger partial charge in [0.25, 0.3) is 0 Å². The highest BCUT2D eigenvalue weighted by molar-refractivity contribution is 14.1. The van der Waals surface area contributed by atoms with Crippen LogP contribution in [-0.4, -0.2) is 27.6 Å². The minimum Gasteiger partial charge on any atom is -0.356 e. The van der Waals surface area contributed by atoms with Crippen molar-refractivity contribution in [1.82, 2.24) is 0 Å². The maximum Gasteiger partial charge on any atom is 0.147 e. The summed E-state index contributed by atoms with van der Waals surface area (Å²) in [4.78, 5) is 0. The van der Waals surface area contributed by atoms with E-state index in [-0.39, 0.29) is 6.10 Å². The Hall–Kier alpha value is 0.0869. The molecule has 0 bridgehead atoms. The van der Waals surface area contributed by atoms with E-state index in [1.54, 1.807) is 0 Å². The molecule has 128 valence electrons. The minimum atomic E-state index is -1.03. The van der Waals surface area contributed by atoms with E-state index in [2.05, 4.69) is 81.7 Å². The highest BCUT2D eigenvalue weighted by Gasteiger charge is 2.17. The van der Waals surface area contributed by atoms with E-state index < -0.39 is 8.07 Å². The van der Waals surface area contributed by atoms with E-state index in [1.807, 2.05) is 4.08 Å². The van der Waals surface area contributed by atoms with Crippen LogP contribution in [0.5, 0.6) is 0 Å². The third-order valence-electron chi connectivity index (χ3n) is 3.35. The first-order valence-electron chi connectivity index (χ1n) is 7.94. The fourth-order valence-corrected chi connectivity index (χ4v) is 3.31. The lowest BCUT2D eigenvalue weighted by atomic mass is 9.96. The predicted molar refractivity (Wildman–Crippen MR) is 109 cm³/mol. The van der Waals surface area contributed by atoms with E-state index >= 15 is 0 Å². The topological polar surface area (TPSA) is 18.5 Å². The lowest BCUT2D eigenvalue weighted by Gasteiger charge is -2.23. The summed E-state index contributed by atoms with van der Waals surface area (Å²) in [6.45, 7) is 18.6. The van der Waals surface area contributed by atoms with Crippen LogP contribution in [0.1, 0.15) is 27.2 Å². The molecule has 0 spiro atoms. The van der Waals surface area contributed by atoms with Crippen LogP contribution in [0.15, 0.2) is 34.0 Å². The van der Waals surface area contributed by atoms with Gasteiger partial charge >= 0.3 is 0 Å². The van der Waals surface area contributed by atoms with Gasteiger partial charge in [-0.25, -0.2) is 0 Å². The third-order valence-corrected chi connectivity index (χ3v) is 5.41. The van der Waals surface area contributed by atoms with Crippen LogP contribution >= 0.6 is 22.6 Å². The van der Waals surface area contributed by atoms with Gasteiger partial charge in [-0.05, 0) is 30.4 Å². The van der Waals surface area contributed by atoms with Gasteiger partial charge in [-0.2, -0.15) is 0 Å². The van der Waals surface area contributed by atoms with Crippen molar-refractivity contribution < 1.29 is 9.47 Å². The van der Waals surface area contributed by atoms with Gasteiger partial charge in [-0.1, -0.05) is 72.5 Å². The van der Waals surface area contributed by atoms with E-state index in [0.717, 1.165) is 18.6 Å². The van der Waals surface area contributed by atoms with Crippen LogP contribution in [0.2, 0.25) is 25.7 Å². The molecule has 0 heterocycles. The average Bonchev–Trinajstić information content (AvgIpc) is 2.35. The zero-order valence-corrected chi connectivity index (χ0v) is 18.3. The van der Waals surface area contributed by atoms with Crippen molar-refractivity contribution >= 4 is 30.7 Å². The second-order valence-corrected chi connectivity index (χ2v) is 13.6. The fourth-order valence-electron chi connectivity index (χ4n) is 1.99. The number of allylic oxidation sites excluding steroid dienone is 2. The molecular formula is C18H33IO2Si. The van der Waals surface area contributed by atoms with Gasteiger partial charge in [-0.15, -0.1) is 6.58 Å². The fraction of sp³-hybridized carbons (Fsp3) is 0.667. The summed E-state index contributed by atoms with van der Waals surface area (Å²) in [5.41, 5.74) is 2.41. The molecule has 0 aromatic heterocycles. The van der Waals surface area contributed by atoms with Gasteiger partial charge in [0.05, 0.1) is 6.10 Å². The maximum atomic E-state index is 5.97. The molecule has 0 aromatic carbocycles. The molecule has 0 fully saturated rings. The van der Waals surface area contributed by atoms with Crippen molar-refractivity contribution in [1.29, 1.82) is 0 Å². The van der Waals surface area contributed by atoms with Crippen molar-refractivity contribution in [3.63, 3.8) is 0 Å². The molecule has 0 N–H and O–H groups in total. The largest absolute Gasteiger partial charge is 0.356 e. The molecule has 0 saturated carbocycles. The highest BCUT2D eigenvalue weighted by Crippen LogP contribution is 2.19. The van der Waals surface area contributed by atoms with Crippen LogP contribution in [-0.2, 0) is 9.47 Å². The third kappa shape index (κ3) is 12.6. The van der Waals surface area contributed by atoms with Gasteiger partial charge in [-0.3, -0.25) is 0 Å². The molecule has 0 aliphatic rings. The number of rotatable bonds is 11. The van der Waals surface area contributed by atoms with Crippen LogP contribution in [0, 0.1) is 5.92 Å². The summed E-state index contributed by atoms with van der Waals surface area (Å²) in [5.74, 6) is 0.338. The van der Waals surface area contributed by atoms with Crippen molar-refractivity contribution in [3.05, 3.63) is 34.0 Å². The Labute approximate surface area is 152 Å². The molecule has 0 rings (SSSR count). The Morgan fingerprint density at radius 1 is 1.27 bits per heavy atom. The molecule has 0 radical (unpaired) electrons. The maximum absolute atomic E-state index is 5.97.